The fourth-order valence-electron chi connectivity index (χ4n) is 4.33. The van der Waals surface area contributed by atoms with Gasteiger partial charge in [-0.05, 0) is 70.6 Å². The number of unbranched alkanes of at least 4 members (excludes halogenated alkanes) is 1. The van der Waals surface area contributed by atoms with Crippen molar-refractivity contribution in [3.05, 3.63) is 72.3 Å². The van der Waals surface area contributed by atoms with E-state index >= 15 is 8.78 Å². The minimum Gasteiger partial charge on any atom is -0.252 e. The molecule has 0 spiro atoms. The third-order valence-corrected chi connectivity index (χ3v) is 12.8. The molecular weight excluding hydrogens is 414 g/mol. The first kappa shape index (κ1) is 23.5. The van der Waals surface area contributed by atoms with Crippen molar-refractivity contribution in [1.29, 1.82) is 0 Å². The molecule has 3 rings (SSSR count). The molecule has 1 heterocycles. The molecule has 1 aliphatic heterocycles. The van der Waals surface area contributed by atoms with E-state index in [9.17, 15) is 0 Å². The van der Waals surface area contributed by atoms with Crippen molar-refractivity contribution in [3.8, 4) is 0 Å². The van der Waals surface area contributed by atoms with Crippen molar-refractivity contribution in [2.45, 2.75) is 64.2 Å². The molecule has 1 fully saturated rings. The van der Waals surface area contributed by atoms with Gasteiger partial charge in [-0.25, -0.2) is 8.78 Å². The summed E-state index contributed by atoms with van der Waals surface area (Å²) in [5.41, 5.74) is 2.24. The molecule has 2 aromatic rings. The van der Waals surface area contributed by atoms with Crippen LogP contribution in [0.25, 0.3) is 0 Å². The van der Waals surface area contributed by atoms with Gasteiger partial charge in [0.25, 0.3) is 0 Å². The van der Waals surface area contributed by atoms with Gasteiger partial charge < -0.3 is 0 Å². The quantitative estimate of drug-likeness (QED) is 0.287. The van der Waals surface area contributed by atoms with Crippen LogP contribution in [0.3, 0.4) is 0 Å². The Morgan fingerprint density at radius 2 is 1.60 bits per heavy atom. The van der Waals surface area contributed by atoms with Crippen molar-refractivity contribution in [1.82, 2.24) is 4.44 Å². The van der Waals surface area contributed by atoms with Gasteiger partial charge in [-0.15, -0.1) is 0 Å². The lowest BCUT2D eigenvalue weighted by Crippen LogP contribution is -2.32. The van der Waals surface area contributed by atoms with Crippen LogP contribution in [0.4, 0.5) is 8.78 Å². The first-order chi connectivity index (χ1) is 14.5. The predicted molar refractivity (Wildman–Crippen MR) is 129 cm³/mol. The maximum atomic E-state index is 15.1. The smallest absolute Gasteiger partial charge is 0.132 e. The number of nitrogens with zero attached hydrogens (tertiary/aromatic N) is 1. The highest BCUT2D eigenvalue weighted by atomic mass is 31.2. The molecule has 0 bridgehead atoms. The summed E-state index contributed by atoms with van der Waals surface area (Å²) in [6, 6.07) is 13.9. The molecule has 0 radical (unpaired) electrons. The van der Waals surface area contributed by atoms with Gasteiger partial charge in [0.05, 0.1) is 0 Å². The number of allylic oxidation sites excluding steroid dienone is 1. The number of hydrogen-bond acceptors (Lipinski definition) is 1. The third-order valence-electron chi connectivity index (χ3n) is 5.88. The van der Waals surface area contributed by atoms with Crippen LogP contribution in [-0.2, 0) is 0 Å². The van der Waals surface area contributed by atoms with Crippen LogP contribution in [0.5, 0.6) is 0 Å². The Morgan fingerprint density at radius 1 is 1.03 bits per heavy atom. The lowest BCUT2D eigenvalue weighted by atomic mass is 10.1. The fourth-order valence-corrected chi connectivity index (χ4v) is 11.9. The average molecular weight is 447 g/mol. The summed E-state index contributed by atoms with van der Waals surface area (Å²) in [5.74, 6) is -0.468. The van der Waals surface area contributed by atoms with Gasteiger partial charge in [0, 0.05) is 30.9 Å². The molecular formula is C25H33F2NP2. The zero-order valence-electron chi connectivity index (χ0n) is 18.3. The number of hydrogen-bond donors (Lipinski definition) is 0. The molecule has 3 atom stereocenters. The lowest BCUT2D eigenvalue weighted by molar-refractivity contribution is 0.616. The summed E-state index contributed by atoms with van der Waals surface area (Å²) >= 11 is 0. The zero-order valence-corrected chi connectivity index (χ0v) is 20.1. The molecule has 5 heteroatoms. The Balaban J connectivity index is 2.18. The van der Waals surface area contributed by atoms with E-state index in [-0.39, 0.29) is 11.6 Å². The number of halogens is 2. The predicted octanol–water partition coefficient (Wildman–Crippen LogP) is 7.33. The standard InChI is InChI=1S/C25H33F2NP2/c1-5-7-18-28(29-20(6-2)16-17-23(29)19(3)4)30(24-14-10-8-12-21(24)26)25-15-11-9-13-22(25)27/h8-15,20,23H,3,5-7,16-18H2,1-2,4H3/t20-,23+,29?/m1/s1. The van der Waals surface area contributed by atoms with E-state index in [2.05, 4.69) is 31.8 Å². The Hall–Kier alpha value is -1.14. The van der Waals surface area contributed by atoms with Crippen molar-refractivity contribution in [3.63, 3.8) is 0 Å². The van der Waals surface area contributed by atoms with Crippen LogP contribution in [0.1, 0.15) is 52.9 Å². The van der Waals surface area contributed by atoms with Gasteiger partial charge in [-0.3, -0.25) is 4.44 Å². The largest absolute Gasteiger partial charge is 0.252 e. The summed E-state index contributed by atoms with van der Waals surface area (Å²) < 4.78 is 32.8. The first-order valence-corrected chi connectivity index (χ1v) is 13.7. The Bertz CT molecular complexity index is 811. The Labute approximate surface area is 183 Å². The van der Waals surface area contributed by atoms with Crippen molar-refractivity contribution in [2.24, 2.45) is 0 Å². The average Bonchev–Trinajstić information content (AvgIpc) is 3.17. The van der Waals surface area contributed by atoms with Gasteiger partial charge in [0.15, 0.2) is 0 Å². The molecule has 30 heavy (non-hydrogen) atoms. The van der Waals surface area contributed by atoms with Gasteiger partial charge in [-0.1, -0.05) is 56.7 Å². The second-order valence-corrected chi connectivity index (χ2v) is 13.0. The molecule has 1 nitrogen and oxygen atoms in total. The van der Waals surface area contributed by atoms with Gasteiger partial charge in [0.1, 0.15) is 11.6 Å². The van der Waals surface area contributed by atoms with E-state index in [1.807, 2.05) is 24.3 Å². The van der Waals surface area contributed by atoms with Gasteiger partial charge in [-0.2, -0.15) is 0 Å². The van der Waals surface area contributed by atoms with Crippen LogP contribution in [0, 0.1) is 11.6 Å². The normalized spacial score (nSPS) is 21.5. The topological polar surface area (TPSA) is 3.24 Å². The molecule has 162 valence electrons. The highest BCUT2D eigenvalue weighted by Crippen LogP contribution is 2.67. The van der Waals surface area contributed by atoms with Crippen molar-refractivity contribution < 1.29 is 8.78 Å². The highest BCUT2D eigenvalue weighted by molar-refractivity contribution is 7.80. The van der Waals surface area contributed by atoms with E-state index < -0.39 is 16.1 Å². The van der Waals surface area contributed by atoms with E-state index in [4.69, 9.17) is 0 Å². The molecule has 1 saturated heterocycles. The molecule has 1 unspecified atom stereocenters. The molecule has 0 aliphatic carbocycles. The third kappa shape index (κ3) is 5.01. The van der Waals surface area contributed by atoms with Crippen LogP contribution >= 0.6 is 16.1 Å². The SMILES string of the molecule is C=C(C)[C@@H]1CC[C@@H](CC)P1N(CCCC)P(c1ccccc1F)c1ccccc1F. The summed E-state index contributed by atoms with van der Waals surface area (Å²) in [6.45, 7) is 11.7. The minimum absolute atomic E-state index is 0.234. The molecule has 0 aromatic heterocycles. The van der Waals surface area contributed by atoms with Crippen LogP contribution in [0.15, 0.2) is 60.7 Å². The summed E-state index contributed by atoms with van der Waals surface area (Å²) in [7, 11) is -1.86. The van der Waals surface area contributed by atoms with E-state index in [0.29, 0.717) is 21.9 Å². The zero-order chi connectivity index (χ0) is 21.7. The summed E-state index contributed by atoms with van der Waals surface area (Å²) in [4.78, 5) is 0. The van der Waals surface area contributed by atoms with Gasteiger partial charge >= 0.3 is 0 Å². The van der Waals surface area contributed by atoms with Crippen LogP contribution < -0.4 is 10.6 Å². The Morgan fingerprint density at radius 3 is 2.07 bits per heavy atom. The lowest BCUT2D eigenvalue weighted by Gasteiger charge is -2.42. The molecule has 0 amide bonds. The monoisotopic (exact) mass is 447 g/mol. The van der Waals surface area contributed by atoms with E-state index in [1.165, 1.54) is 24.1 Å². The van der Waals surface area contributed by atoms with Crippen molar-refractivity contribution in [2.75, 3.05) is 6.54 Å². The van der Waals surface area contributed by atoms with Gasteiger partial charge in [0.2, 0.25) is 0 Å². The highest BCUT2D eigenvalue weighted by Gasteiger charge is 2.43. The molecule has 0 N–H and O–H groups in total. The molecule has 1 aliphatic rings. The minimum atomic E-state index is -1.29. The van der Waals surface area contributed by atoms with Crippen LogP contribution in [-0.4, -0.2) is 22.3 Å². The second-order valence-electron chi connectivity index (χ2n) is 8.05. The summed E-state index contributed by atoms with van der Waals surface area (Å²) in [6.07, 6.45) is 5.52. The first-order valence-electron chi connectivity index (χ1n) is 11.0. The Kier molecular flexibility index (Phi) is 8.58. The maximum Gasteiger partial charge on any atom is 0.132 e. The maximum absolute atomic E-state index is 15.1. The molecule has 2 aromatic carbocycles. The summed E-state index contributed by atoms with van der Waals surface area (Å²) in [5, 5.41) is 1.27. The van der Waals surface area contributed by atoms with E-state index in [0.717, 1.165) is 32.2 Å². The van der Waals surface area contributed by atoms with Crippen molar-refractivity contribution >= 4 is 26.8 Å². The fraction of sp³-hybridized carbons (Fsp3) is 0.440. The van der Waals surface area contributed by atoms with Crippen LogP contribution in [0.2, 0.25) is 0 Å². The molecule has 0 saturated carbocycles. The number of rotatable bonds is 9. The second kappa shape index (κ2) is 10.9. The number of benzene rings is 2. The van der Waals surface area contributed by atoms with E-state index in [1.54, 1.807) is 12.1 Å².